The molecule has 0 aromatic carbocycles. The van der Waals surface area contributed by atoms with Crippen LogP contribution in [-0.4, -0.2) is 24.9 Å². The van der Waals surface area contributed by atoms with Crippen LogP contribution < -0.4 is 0 Å². The van der Waals surface area contributed by atoms with E-state index >= 15 is 0 Å². The van der Waals surface area contributed by atoms with Crippen molar-refractivity contribution in [1.29, 1.82) is 0 Å². The SMILES string of the molecule is C=CCC(O)CCCCCOC. The average Bonchev–Trinajstić information content (AvgIpc) is 2.05. The van der Waals surface area contributed by atoms with Gasteiger partial charge in [-0.25, -0.2) is 0 Å². The Kier molecular flexibility index (Phi) is 8.51. The molecule has 2 nitrogen and oxygen atoms in total. The van der Waals surface area contributed by atoms with E-state index < -0.39 is 0 Å². The smallest absolute Gasteiger partial charge is 0.0574 e. The van der Waals surface area contributed by atoms with Gasteiger partial charge in [0.1, 0.15) is 0 Å². The number of rotatable bonds is 8. The van der Waals surface area contributed by atoms with Gasteiger partial charge in [-0.15, -0.1) is 6.58 Å². The first-order chi connectivity index (χ1) is 5.81. The molecule has 0 amide bonds. The molecule has 0 spiro atoms. The summed E-state index contributed by atoms with van der Waals surface area (Å²) in [6, 6.07) is 0. The molecule has 0 aromatic heterocycles. The normalized spacial score (nSPS) is 12.8. The Morgan fingerprint density at radius 2 is 2.17 bits per heavy atom. The zero-order valence-electron chi connectivity index (χ0n) is 7.96. The van der Waals surface area contributed by atoms with Crippen molar-refractivity contribution in [3.63, 3.8) is 0 Å². The topological polar surface area (TPSA) is 29.5 Å². The third kappa shape index (κ3) is 7.76. The van der Waals surface area contributed by atoms with E-state index in [0.717, 1.165) is 32.3 Å². The van der Waals surface area contributed by atoms with Crippen molar-refractivity contribution >= 4 is 0 Å². The highest BCUT2D eigenvalue weighted by molar-refractivity contribution is 4.71. The molecular weight excluding hydrogens is 152 g/mol. The summed E-state index contributed by atoms with van der Waals surface area (Å²) in [6.07, 6.45) is 6.49. The maximum Gasteiger partial charge on any atom is 0.0574 e. The second-order valence-corrected chi connectivity index (χ2v) is 3.02. The average molecular weight is 172 g/mol. The molecule has 72 valence electrons. The summed E-state index contributed by atoms with van der Waals surface area (Å²) < 4.78 is 4.92. The molecule has 0 aliphatic rings. The van der Waals surface area contributed by atoms with Crippen LogP contribution in [0.4, 0.5) is 0 Å². The fraction of sp³-hybridized carbons (Fsp3) is 0.800. The first-order valence-corrected chi connectivity index (χ1v) is 4.59. The second kappa shape index (κ2) is 8.75. The molecular formula is C10H20O2. The van der Waals surface area contributed by atoms with Gasteiger partial charge in [0.05, 0.1) is 6.10 Å². The van der Waals surface area contributed by atoms with E-state index in [9.17, 15) is 5.11 Å². The maximum absolute atomic E-state index is 9.30. The summed E-state index contributed by atoms with van der Waals surface area (Å²) in [5, 5.41) is 9.30. The summed E-state index contributed by atoms with van der Waals surface area (Å²) in [5.41, 5.74) is 0. The van der Waals surface area contributed by atoms with E-state index in [2.05, 4.69) is 6.58 Å². The molecule has 1 unspecified atom stereocenters. The fourth-order valence-electron chi connectivity index (χ4n) is 1.11. The van der Waals surface area contributed by atoms with Crippen LogP contribution in [0.1, 0.15) is 32.1 Å². The third-order valence-electron chi connectivity index (χ3n) is 1.82. The Labute approximate surface area is 75.2 Å². The fourth-order valence-corrected chi connectivity index (χ4v) is 1.11. The minimum atomic E-state index is -0.190. The van der Waals surface area contributed by atoms with Crippen molar-refractivity contribution in [2.45, 2.75) is 38.2 Å². The number of methoxy groups -OCH3 is 1. The summed E-state index contributed by atoms with van der Waals surface area (Å²) in [6.45, 7) is 4.41. The molecule has 1 N–H and O–H groups in total. The number of aliphatic hydroxyl groups excluding tert-OH is 1. The molecule has 12 heavy (non-hydrogen) atoms. The Bertz CT molecular complexity index is 102. The summed E-state index contributed by atoms with van der Waals surface area (Å²) in [4.78, 5) is 0. The highest BCUT2D eigenvalue weighted by Crippen LogP contribution is 2.06. The lowest BCUT2D eigenvalue weighted by Gasteiger charge is -2.06. The molecule has 0 saturated heterocycles. The first-order valence-electron chi connectivity index (χ1n) is 4.59. The van der Waals surface area contributed by atoms with Gasteiger partial charge in [0.25, 0.3) is 0 Å². The van der Waals surface area contributed by atoms with Crippen LogP contribution in [0.2, 0.25) is 0 Å². The molecule has 1 atom stereocenters. The van der Waals surface area contributed by atoms with Crippen molar-refractivity contribution in [2.75, 3.05) is 13.7 Å². The van der Waals surface area contributed by atoms with E-state index in [4.69, 9.17) is 4.74 Å². The van der Waals surface area contributed by atoms with Crippen molar-refractivity contribution in [1.82, 2.24) is 0 Å². The van der Waals surface area contributed by atoms with Crippen molar-refractivity contribution in [3.05, 3.63) is 12.7 Å². The van der Waals surface area contributed by atoms with Gasteiger partial charge in [0, 0.05) is 13.7 Å². The van der Waals surface area contributed by atoms with E-state index in [-0.39, 0.29) is 6.10 Å². The van der Waals surface area contributed by atoms with Gasteiger partial charge in [-0.3, -0.25) is 0 Å². The van der Waals surface area contributed by atoms with Crippen LogP contribution in [0.25, 0.3) is 0 Å². The molecule has 0 aliphatic heterocycles. The van der Waals surface area contributed by atoms with Crippen LogP contribution in [0, 0.1) is 0 Å². The number of ether oxygens (including phenoxy) is 1. The van der Waals surface area contributed by atoms with Crippen molar-refractivity contribution in [2.24, 2.45) is 0 Å². The Morgan fingerprint density at radius 1 is 1.42 bits per heavy atom. The van der Waals surface area contributed by atoms with E-state index in [0.29, 0.717) is 6.42 Å². The van der Waals surface area contributed by atoms with Crippen LogP contribution in [-0.2, 0) is 4.74 Å². The lowest BCUT2D eigenvalue weighted by atomic mass is 10.1. The predicted octanol–water partition coefficient (Wildman–Crippen LogP) is 2.13. The zero-order chi connectivity index (χ0) is 9.23. The van der Waals surface area contributed by atoms with Gasteiger partial charge in [0.2, 0.25) is 0 Å². The third-order valence-corrected chi connectivity index (χ3v) is 1.82. The van der Waals surface area contributed by atoms with Crippen molar-refractivity contribution < 1.29 is 9.84 Å². The van der Waals surface area contributed by atoms with Crippen LogP contribution in [0.5, 0.6) is 0 Å². The van der Waals surface area contributed by atoms with Crippen molar-refractivity contribution in [3.8, 4) is 0 Å². The molecule has 2 heteroatoms. The van der Waals surface area contributed by atoms with Crippen LogP contribution in [0.3, 0.4) is 0 Å². The summed E-state index contributed by atoms with van der Waals surface area (Å²) >= 11 is 0. The van der Waals surface area contributed by atoms with E-state index in [1.165, 1.54) is 0 Å². The van der Waals surface area contributed by atoms with Gasteiger partial charge in [-0.1, -0.05) is 18.9 Å². The molecule has 0 saturated carbocycles. The number of unbranched alkanes of at least 4 members (excludes halogenated alkanes) is 2. The Hall–Kier alpha value is -0.340. The predicted molar refractivity (Wildman–Crippen MR) is 51.2 cm³/mol. The van der Waals surface area contributed by atoms with Gasteiger partial charge < -0.3 is 9.84 Å². The highest BCUT2D eigenvalue weighted by Gasteiger charge is 1.99. The van der Waals surface area contributed by atoms with Gasteiger partial charge in [0.15, 0.2) is 0 Å². The molecule has 0 aromatic rings. The van der Waals surface area contributed by atoms with Crippen LogP contribution in [0.15, 0.2) is 12.7 Å². The maximum atomic E-state index is 9.30. The Balaban J connectivity index is 3.02. The number of hydrogen-bond donors (Lipinski definition) is 1. The molecule has 0 aliphatic carbocycles. The lowest BCUT2D eigenvalue weighted by molar-refractivity contribution is 0.158. The lowest BCUT2D eigenvalue weighted by Crippen LogP contribution is -2.04. The Morgan fingerprint density at radius 3 is 2.75 bits per heavy atom. The van der Waals surface area contributed by atoms with E-state index in [1.807, 2.05) is 0 Å². The summed E-state index contributed by atoms with van der Waals surface area (Å²) in [7, 11) is 1.71. The largest absolute Gasteiger partial charge is 0.393 e. The standard InChI is InChI=1S/C10H20O2/c1-3-7-10(11)8-5-4-6-9-12-2/h3,10-11H,1,4-9H2,2H3. The molecule has 0 radical (unpaired) electrons. The molecule has 0 fully saturated rings. The molecule has 0 heterocycles. The van der Waals surface area contributed by atoms with E-state index in [1.54, 1.807) is 13.2 Å². The molecule has 0 rings (SSSR count). The molecule has 0 bridgehead atoms. The first kappa shape index (κ1) is 11.7. The quantitative estimate of drug-likeness (QED) is 0.449. The minimum absolute atomic E-state index is 0.190. The van der Waals surface area contributed by atoms with Gasteiger partial charge in [-0.05, 0) is 19.3 Å². The van der Waals surface area contributed by atoms with Gasteiger partial charge in [-0.2, -0.15) is 0 Å². The number of aliphatic hydroxyl groups is 1. The monoisotopic (exact) mass is 172 g/mol. The second-order valence-electron chi connectivity index (χ2n) is 3.02. The zero-order valence-corrected chi connectivity index (χ0v) is 7.96. The highest BCUT2D eigenvalue weighted by atomic mass is 16.5. The number of hydrogen-bond acceptors (Lipinski definition) is 2. The minimum Gasteiger partial charge on any atom is -0.393 e. The van der Waals surface area contributed by atoms with Gasteiger partial charge >= 0.3 is 0 Å². The van der Waals surface area contributed by atoms with Crippen LogP contribution >= 0.6 is 0 Å². The summed E-state index contributed by atoms with van der Waals surface area (Å²) in [5.74, 6) is 0.